The molecular formula is C17H9F3N2O5S. The van der Waals surface area contributed by atoms with E-state index >= 15 is 0 Å². The molecule has 0 saturated carbocycles. The van der Waals surface area contributed by atoms with Crippen molar-refractivity contribution in [3.63, 3.8) is 0 Å². The lowest BCUT2D eigenvalue weighted by molar-refractivity contribution is -0.274. The standard InChI is InChI=1S/C17H9F3N2O5S/c18-17(19,20)27-10-6-4-9(5-7-10)22-12-2-1-3-13-14(12)11(8-28(13,25)26)15(21-22)16(23)24/h1-8H,(H,23,24). The van der Waals surface area contributed by atoms with Crippen LogP contribution in [0, 0.1) is 0 Å². The van der Waals surface area contributed by atoms with Crippen molar-refractivity contribution in [1.82, 2.24) is 0 Å². The molecule has 28 heavy (non-hydrogen) atoms. The molecule has 0 saturated heterocycles. The Bertz CT molecular complexity index is 1170. The largest absolute Gasteiger partial charge is 0.573 e. The molecule has 0 radical (unpaired) electrons. The molecule has 144 valence electrons. The number of sulfone groups is 1. The second kappa shape index (κ2) is 5.83. The van der Waals surface area contributed by atoms with E-state index in [0.717, 1.165) is 22.5 Å². The number of carboxylic acid groups (broad SMARTS) is 1. The summed E-state index contributed by atoms with van der Waals surface area (Å²) in [5.41, 5.74) is 0.179. The smallest absolute Gasteiger partial charge is 0.476 e. The van der Waals surface area contributed by atoms with Gasteiger partial charge in [0.05, 0.1) is 16.3 Å². The lowest BCUT2D eigenvalue weighted by atomic mass is 9.99. The van der Waals surface area contributed by atoms with E-state index < -0.39 is 33.6 Å². The van der Waals surface area contributed by atoms with E-state index in [1.54, 1.807) is 0 Å². The average molecular weight is 410 g/mol. The van der Waals surface area contributed by atoms with Gasteiger partial charge in [-0.05, 0) is 36.4 Å². The summed E-state index contributed by atoms with van der Waals surface area (Å²) in [5.74, 6) is -1.90. The molecular weight excluding hydrogens is 401 g/mol. The van der Waals surface area contributed by atoms with Crippen LogP contribution in [0.1, 0.15) is 5.56 Å². The summed E-state index contributed by atoms with van der Waals surface area (Å²) in [5, 5.41) is 15.5. The third-order valence-corrected chi connectivity index (χ3v) is 5.55. The molecule has 0 aliphatic carbocycles. The number of carbonyl (C=O) groups is 1. The van der Waals surface area contributed by atoms with Crippen LogP contribution in [0.5, 0.6) is 5.75 Å². The van der Waals surface area contributed by atoms with Gasteiger partial charge in [-0.3, -0.25) is 0 Å². The van der Waals surface area contributed by atoms with E-state index in [9.17, 15) is 31.5 Å². The van der Waals surface area contributed by atoms with Gasteiger partial charge in [0, 0.05) is 16.5 Å². The van der Waals surface area contributed by atoms with Crippen molar-refractivity contribution in [2.75, 3.05) is 5.01 Å². The molecule has 2 aromatic rings. The fraction of sp³-hybridized carbons (Fsp3) is 0.0588. The molecule has 0 fully saturated rings. The van der Waals surface area contributed by atoms with Crippen molar-refractivity contribution >= 4 is 38.5 Å². The predicted octanol–water partition coefficient (Wildman–Crippen LogP) is 3.31. The quantitative estimate of drug-likeness (QED) is 0.834. The Labute approximate surface area is 155 Å². The molecule has 11 heteroatoms. The van der Waals surface area contributed by atoms with Crippen LogP contribution in [0.2, 0.25) is 0 Å². The summed E-state index contributed by atoms with van der Waals surface area (Å²) >= 11 is 0. The molecule has 0 atom stereocenters. The summed E-state index contributed by atoms with van der Waals surface area (Å²) < 4.78 is 65.4. The minimum Gasteiger partial charge on any atom is -0.476 e. The normalized spacial score (nSPS) is 16.9. The first-order valence-corrected chi connectivity index (χ1v) is 9.20. The Balaban J connectivity index is 1.85. The van der Waals surface area contributed by atoms with Crippen molar-refractivity contribution in [2.24, 2.45) is 5.10 Å². The van der Waals surface area contributed by atoms with E-state index in [0.29, 0.717) is 5.69 Å². The van der Waals surface area contributed by atoms with Gasteiger partial charge < -0.3 is 9.84 Å². The van der Waals surface area contributed by atoms with Gasteiger partial charge in [0.15, 0.2) is 5.71 Å². The summed E-state index contributed by atoms with van der Waals surface area (Å²) in [4.78, 5) is 11.6. The van der Waals surface area contributed by atoms with Crippen LogP contribution >= 0.6 is 0 Å². The van der Waals surface area contributed by atoms with E-state index in [-0.39, 0.29) is 21.7 Å². The van der Waals surface area contributed by atoms with Crippen LogP contribution in [0.25, 0.3) is 5.57 Å². The molecule has 4 rings (SSSR count). The van der Waals surface area contributed by atoms with Crippen molar-refractivity contribution in [2.45, 2.75) is 11.3 Å². The molecule has 2 aliphatic rings. The first kappa shape index (κ1) is 18.0. The summed E-state index contributed by atoms with van der Waals surface area (Å²) in [6.45, 7) is 0. The van der Waals surface area contributed by atoms with Gasteiger partial charge in [-0.1, -0.05) is 6.07 Å². The zero-order valence-corrected chi connectivity index (χ0v) is 14.5. The van der Waals surface area contributed by atoms with Gasteiger partial charge in [-0.15, -0.1) is 13.2 Å². The highest BCUT2D eigenvalue weighted by atomic mass is 32.2. The lowest BCUT2D eigenvalue weighted by Gasteiger charge is -2.27. The molecule has 0 bridgehead atoms. The van der Waals surface area contributed by atoms with Crippen molar-refractivity contribution in [1.29, 1.82) is 0 Å². The number of anilines is 2. The highest BCUT2D eigenvalue weighted by molar-refractivity contribution is 7.95. The van der Waals surface area contributed by atoms with Crippen LogP contribution < -0.4 is 9.75 Å². The zero-order valence-electron chi connectivity index (χ0n) is 13.6. The first-order valence-electron chi connectivity index (χ1n) is 7.65. The topological polar surface area (TPSA) is 96.3 Å². The van der Waals surface area contributed by atoms with Crippen molar-refractivity contribution in [3.8, 4) is 5.75 Å². The second-order valence-corrected chi connectivity index (χ2v) is 7.60. The molecule has 0 spiro atoms. The Morgan fingerprint density at radius 1 is 1.11 bits per heavy atom. The number of ether oxygens (including phenoxy) is 1. The minimum absolute atomic E-state index is 0.0358. The van der Waals surface area contributed by atoms with Crippen molar-refractivity contribution < 1.29 is 36.2 Å². The Morgan fingerprint density at radius 2 is 1.79 bits per heavy atom. The number of alkyl halides is 3. The highest BCUT2D eigenvalue weighted by Gasteiger charge is 2.39. The van der Waals surface area contributed by atoms with Crippen LogP contribution in [0.4, 0.5) is 24.5 Å². The number of carboxylic acids is 1. The van der Waals surface area contributed by atoms with E-state index in [4.69, 9.17) is 0 Å². The second-order valence-electron chi connectivity index (χ2n) is 5.83. The van der Waals surface area contributed by atoms with Crippen LogP contribution in [0.3, 0.4) is 0 Å². The van der Waals surface area contributed by atoms with E-state index in [1.807, 2.05) is 0 Å². The minimum atomic E-state index is -4.85. The van der Waals surface area contributed by atoms with Gasteiger partial charge >= 0.3 is 12.3 Å². The number of aliphatic carboxylic acids is 1. The number of hydrogen-bond donors (Lipinski definition) is 1. The fourth-order valence-electron chi connectivity index (χ4n) is 3.01. The maximum Gasteiger partial charge on any atom is 0.573 e. The Morgan fingerprint density at radius 3 is 2.39 bits per heavy atom. The molecule has 2 heterocycles. The van der Waals surface area contributed by atoms with Crippen LogP contribution in [0.15, 0.2) is 57.9 Å². The van der Waals surface area contributed by atoms with Crippen LogP contribution in [-0.4, -0.2) is 31.6 Å². The van der Waals surface area contributed by atoms with Gasteiger partial charge in [0.25, 0.3) is 0 Å². The molecule has 0 amide bonds. The van der Waals surface area contributed by atoms with Gasteiger partial charge in [0.1, 0.15) is 5.75 Å². The number of rotatable bonds is 3. The maximum atomic E-state index is 12.3. The van der Waals surface area contributed by atoms with E-state index in [2.05, 4.69) is 9.84 Å². The summed E-state index contributed by atoms with van der Waals surface area (Å²) in [7, 11) is -3.83. The number of hydrazone groups is 1. The van der Waals surface area contributed by atoms with Gasteiger partial charge in [-0.2, -0.15) is 5.10 Å². The first-order chi connectivity index (χ1) is 13.1. The molecule has 2 aromatic carbocycles. The van der Waals surface area contributed by atoms with E-state index in [1.165, 1.54) is 30.3 Å². The third kappa shape index (κ3) is 2.89. The summed E-state index contributed by atoms with van der Waals surface area (Å²) in [6.07, 6.45) is -4.85. The Kier molecular flexibility index (Phi) is 3.76. The number of halogens is 3. The molecule has 1 N–H and O–H groups in total. The Hall–Kier alpha value is -3.34. The lowest BCUT2D eigenvalue weighted by Crippen LogP contribution is -2.26. The average Bonchev–Trinajstić information content (AvgIpc) is 2.87. The fourth-order valence-corrected chi connectivity index (χ4v) is 4.44. The molecule has 0 aromatic heterocycles. The maximum absolute atomic E-state index is 12.3. The molecule has 0 unspecified atom stereocenters. The monoisotopic (exact) mass is 410 g/mol. The molecule has 2 aliphatic heterocycles. The zero-order chi connectivity index (χ0) is 20.3. The SMILES string of the molecule is O=C(O)C1=NN(c2ccc(OC(F)(F)F)cc2)c2cccc3c2C1=CS3(=O)=O. The summed E-state index contributed by atoms with van der Waals surface area (Å²) in [6, 6.07) is 8.95. The van der Waals surface area contributed by atoms with Gasteiger partial charge in [0.2, 0.25) is 9.84 Å². The molecule has 7 nitrogen and oxygen atoms in total. The highest BCUT2D eigenvalue weighted by Crippen LogP contribution is 2.45. The number of hydrogen-bond acceptors (Lipinski definition) is 6. The number of benzene rings is 2. The predicted molar refractivity (Wildman–Crippen MR) is 91.9 cm³/mol. The number of nitrogens with zero attached hydrogens (tertiary/aromatic N) is 2. The van der Waals surface area contributed by atoms with Crippen molar-refractivity contribution in [3.05, 3.63) is 53.4 Å². The third-order valence-electron chi connectivity index (χ3n) is 4.05. The van der Waals surface area contributed by atoms with Gasteiger partial charge in [-0.25, -0.2) is 18.2 Å². The van der Waals surface area contributed by atoms with Crippen LogP contribution in [-0.2, 0) is 14.6 Å².